The lowest BCUT2D eigenvalue weighted by Gasteiger charge is -2.32. The van der Waals surface area contributed by atoms with E-state index in [1.54, 1.807) is 29.2 Å². The van der Waals surface area contributed by atoms with Crippen LogP contribution in [0.15, 0.2) is 54.6 Å². The summed E-state index contributed by atoms with van der Waals surface area (Å²) in [6, 6.07) is 17.2. The Morgan fingerprint density at radius 3 is 2.56 bits per heavy atom. The molecule has 1 unspecified atom stereocenters. The van der Waals surface area contributed by atoms with Crippen molar-refractivity contribution in [2.45, 2.75) is 25.7 Å². The molecule has 3 rings (SSSR count). The molecule has 0 aromatic heterocycles. The van der Waals surface area contributed by atoms with E-state index < -0.39 is 0 Å². The lowest BCUT2D eigenvalue weighted by Crippen LogP contribution is -2.45. The Hall–Kier alpha value is -2.33. The van der Waals surface area contributed by atoms with Gasteiger partial charge in [0.15, 0.2) is 0 Å². The van der Waals surface area contributed by atoms with Gasteiger partial charge in [0.1, 0.15) is 0 Å². The van der Waals surface area contributed by atoms with Crippen molar-refractivity contribution >= 4 is 23.4 Å². The zero-order valence-electron chi connectivity index (χ0n) is 15.4. The highest BCUT2D eigenvalue weighted by Gasteiger charge is 2.28. The van der Waals surface area contributed by atoms with Crippen molar-refractivity contribution in [3.05, 3.63) is 70.7 Å². The first kappa shape index (κ1) is 19.4. The summed E-state index contributed by atoms with van der Waals surface area (Å²) in [7, 11) is 0. The van der Waals surface area contributed by atoms with Crippen LogP contribution in [0.25, 0.3) is 0 Å². The summed E-state index contributed by atoms with van der Waals surface area (Å²) in [4.78, 5) is 26.9. The van der Waals surface area contributed by atoms with Crippen molar-refractivity contribution in [1.82, 2.24) is 10.2 Å². The van der Waals surface area contributed by atoms with Gasteiger partial charge in [-0.05, 0) is 55.5 Å². The van der Waals surface area contributed by atoms with Gasteiger partial charge in [0.2, 0.25) is 5.91 Å². The van der Waals surface area contributed by atoms with Crippen molar-refractivity contribution in [3.63, 3.8) is 0 Å². The summed E-state index contributed by atoms with van der Waals surface area (Å²) in [5.74, 6) is -0.114. The van der Waals surface area contributed by atoms with Gasteiger partial charge in [-0.15, -0.1) is 0 Å². The number of carbonyl (C=O) groups is 2. The number of hydrogen-bond acceptors (Lipinski definition) is 2. The van der Waals surface area contributed by atoms with Crippen molar-refractivity contribution < 1.29 is 9.59 Å². The number of piperidine rings is 1. The first-order valence-electron chi connectivity index (χ1n) is 9.50. The zero-order chi connectivity index (χ0) is 19.1. The van der Waals surface area contributed by atoms with Crippen LogP contribution >= 0.6 is 11.6 Å². The molecule has 1 N–H and O–H groups in total. The van der Waals surface area contributed by atoms with E-state index in [1.165, 1.54) is 5.56 Å². The highest BCUT2D eigenvalue weighted by molar-refractivity contribution is 6.30. The number of nitrogens with one attached hydrogen (secondary N) is 1. The summed E-state index contributed by atoms with van der Waals surface area (Å²) >= 11 is 5.89. The second-order valence-electron chi connectivity index (χ2n) is 6.98. The summed E-state index contributed by atoms with van der Waals surface area (Å²) in [6.07, 6.45) is 3.54. The molecule has 0 radical (unpaired) electrons. The van der Waals surface area contributed by atoms with E-state index >= 15 is 0 Å². The summed E-state index contributed by atoms with van der Waals surface area (Å²) in [5.41, 5.74) is 1.90. The fraction of sp³-hybridized carbons (Fsp3) is 0.364. The summed E-state index contributed by atoms with van der Waals surface area (Å²) in [6.45, 7) is 1.83. The lowest BCUT2D eigenvalue weighted by molar-refractivity contribution is -0.126. The second-order valence-corrected chi connectivity index (χ2v) is 7.41. The minimum absolute atomic E-state index is 0.0340. The Morgan fingerprint density at radius 2 is 1.81 bits per heavy atom. The van der Waals surface area contributed by atoms with Gasteiger partial charge in [-0.1, -0.05) is 41.9 Å². The molecule has 142 valence electrons. The highest BCUT2D eigenvalue weighted by atomic mass is 35.5. The van der Waals surface area contributed by atoms with Gasteiger partial charge >= 0.3 is 0 Å². The van der Waals surface area contributed by atoms with Crippen LogP contribution in [0.1, 0.15) is 35.2 Å². The van der Waals surface area contributed by atoms with Crippen LogP contribution in [0.5, 0.6) is 0 Å². The average Bonchev–Trinajstić information content (AvgIpc) is 2.72. The molecule has 1 heterocycles. The van der Waals surface area contributed by atoms with Crippen LogP contribution in [0.3, 0.4) is 0 Å². The quantitative estimate of drug-likeness (QED) is 0.767. The van der Waals surface area contributed by atoms with E-state index in [-0.39, 0.29) is 17.7 Å². The van der Waals surface area contributed by atoms with Crippen LogP contribution in [0.4, 0.5) is 0 Å². The van der Waals surface area contributed by atoms with E-state index in [9.17, 15) is 9.59 Å². The smallest absolute Gasteiger partial charge is 0.253 e. The number of likely N-dealkylation sites (tertiary alicyclic amines) is 1. The number of rotatable bonds is 6. The minimum atomic E-state index is -0.133. The molecule has 1 atom stereocenters. The molecule has 1 fully saturated rings. The molecule has 4 nitrogen and oxygen atoms in total. The fourth-order valence-corrected chi connectivity index (χ4v) is 3.57. The maximum Gasteiger partial charge on any atom is 0.253 e. The number of amides is 2. The second kappa shape index (κ2) is 9.56. The topological polar surface area (TPSA) is 49.4 Å². The first-order valence-corrected chi connectivity index (χ1v) is 9.88. The number of carbonyl (C=O) groups excluding carboxylic acids is 2. The average molecular weight is 385 g/mol. The standard InChI is InChI=1S/C22H25ClN2O2/c23-20-12-10-18(11-13-20)22(27)25-15-5-9-19(16-25)21(26)24-14-4-8-17-6-2-1-3-7-17/h1-3,6-7,10-13,19H,4-5,8-9,14-16H2,(H,24,26). The molecule has 0 bridgehead atoms. The maximum absolute atomic E-state index is 12.6. The number of nitrogens with zero attached hydrogens (tertiary/aromatic N) is 1. The number of hydrogen-bond donors (Lipinski definition) is 1. The van der Waals surface area contributed by atoms with E-state index in [0.717, 1.165) is 25.7 Å². The van der Waals surface area contributed by atoms with Crippen LogP contribution in [-0.4, -0.2) is 36.3 Å². The molecule has 1 aliphatic rings. The monoisotopic (exact) mass is 384 g/mol. The molecule has 2 amide bonds. The van der Waals surface area contributed by atoms with Crippen molar-refractivity contribution in [1.29, 1.82) is 0 Å². The maximum atomic E-state index is 12.6. The van der Waals surface area contributed by atoms with E-state index in [1.807, 2.05) is 18.2 Å². The van der Waals surface area contributed by atoms with Crippen LogP contribution in [0.2, 0.25) is 5.02 Å². The van der Waals surface area contributed by atoms with Gasteiger partial charge in [0, 0.05) is 30.2 Å². The molecule has 2 aromatic carbocycles. The highest BCUT2D eigenvalue weighted by Crippen LogP contribution is 2.20. The Kier molecular flexibility index (Phi) is 6.88. The van der Waals surface area contributed by atoms with Crippen molar-refractivity contribution in [2.75, 3.05) is 19.6 Å². The molecule has 27 heavy (non-hydrogen) atoms. The summed E-state index contributed by atoms with van der Waals surface area (Å²) in [5, 5.41) is 3.64. The zero-order valence-corrected chi connectivity index (χ0v) is 16.1. The SMILES string of the molecule is O=C(NCCCc1ccccc1)C1CCCN(C(=O)c2ccc(Cl)cc2)C1. The molecule has 1 aliphatic heterocycles. The number of halogens is 1. The Morgan fingerprint density at radius 1 is 1.07 bits per heavy atom. The Labute approximate surface area is 165 Å². The predicted molar refractivity (Wildman–Crippen MR) is 108 cm³/mol. The Balaban J connectivity index is 1.46. The molecule has 0 saturated carbocycles. The van der Waals surface area contributed by atoms with Crippen LogP contribution in [0, 0.1) is 5.92 Å². The third-order valence-electron chi connectivity index (χ3n) is 4.95. The van der Waals surface area contributed by atoms with Crippen LogP contribution < -0.4 is 5.32 Å². The van der Waals surface area contributed by atoms with Gasteiger partial charge < -0.3 is 10.2 Å². The molecule has 2 aromatic rings. The van der Waals surface area contributed by atoms with Gasteiger partial charge in [0.25, 0.3) is 5.91 Å². The number of aryl methyl sites for hydroxylation is 1. The minimum Gasteiger partial charge on any atom is -0.356 e. The molecule has 0 aliphatic carbocycles. The van der Waals surface area contributed by atoms with Gasteiger partial charge in [-0.25, -0.2) is 0 Å². The van der Waals surface area contributed by atoms with E-state index in [0.29, 0.717) is 30.2 Å². The van der Waals surface area contributed by atoms with Crippen LogP contribution in [-0.2, 0) is 11.2 Å². The van der Waals surface area contributed by atoms with Gasteiger partial charge in [0.05, 0.1) is 5.92 Å². The van der Waals surface area contributed by atoms with Crippen molar-refractivity contribution in [2.24, 2.45) is 5.92 Å². The molecule has 1 saturated heterocycles. The summed E-state index contributed by atoms with van der Waals surface area (Å²) < 4.78 is 0. The van der Waals surface area contributed by atoms with E-state index in [4.69, 9.17) is 11.6 Å². The Bertz CT molecular complexity index is 762. The first-order chi connectivity index (χ1) is 13.1. The molecule has 5 heteroatoms. The third-order valence-corrected chi connectivity index (χ3v) is 5.21. The third kappa shape index (κ3) is 5.57. The molecule has 0 spiro atoms. The van der Waals surface area contributed by atoms with Gasteiger partial charge in [-0.2, -0.15) is 0 Å². The van der Waals surface area contributed by atoms with E-state index in [2.05, 4.69) is 17.4 Å². The molecular formula is C22H25ClN2O2. The normalized spacial score (nSPS) is 16.8. The predicted octanol–water partition coefficient (Wildman–Crippen LogP) is 3.94. The largest absolute Gasteiger partial charge is 0.356 e. The van der Waals surface area contributed by atoms with Gasteiger partial charge in [-0.3, -0.25) is 9.59 Å². The molecular weight excluding hydrogens is 360 g/mol. The fourth-order valence-electron chi connectivity index (χ4n) is 3.44. The van der Waals surface area contributed by atoms with Crippen molar-refractivity contribution in [3.8, 4) is 0 Å². The number of benzene rings is 2. The lowest BCUT2D eigenvalue weighted by atomic mass is 9.96.